The first kappa shape index (κ1) is 11.7. The van der Waals surface area contributed by atoms with E-state index in [0.717, 1.165) is 26.2 Å². The number of nitrogens with one attached hydrogen (secondary N) is 1. The van der Waals surface area contributed by atoms with Crippen LogP contribution in [0.3, 0.4) is 0 Å². The summed E-state index contributed by atoms with van der Waals surface area (Å²) in [7, 11) is 2.21. The first-order valence-corrected chi connectivity index (χ1v) is 5.45. The van der Waals surface area contributed by atoms with Gasteiger partial charge in [0.15, 0.2) is 0 Å². The first-order valence-electron chi connectivity index (χ1n) is 5.45. The van der Waals surface area contributed by atoms with E-state index in [4.69, 9.17) is 0 Å². The van der Waals surface area contributed by atoms with Crippen LogP contribution in [-0.2, 0) is 0 Å². The molecule has 0 amide bonds. The van der Waals surface area contributed by atoms with Crippen LogP contribution in [0.15, 0.2) is 11.1 Å². The lowest BCUT2D eigenvalue weighted by Crippen LogP contribution is -2.37. The molecule has 14 heavy (non-hydrogen) atoms. The van der Waals surface area contributed by atoms with Crippen molar-refractivity contribution >= 4 is 0 Å². The van der Waals surface area contributed by atoms with Gasteiger partial charge in [0.25, 0.3) is 0 Å². The van der Waals surface area contributed by atoms with Crippen molar-refractivity contribution in [2.24, 2.45) is 5.41 Å². The summed E-state index contributed by atoms with van der Waals surface area (Å²) in [5.41, 5.74) is 3.55. The molecule has 0 aromatic heterocycles. The fourth-order valence-corrected chi connectivity index (χ4v) is 1.93. The minimum absolute atomic E-state index is 0.400. The Morgan fingerprint density at radius 2 is 1.93 bits per heavy atom. The van der Waals surface area contributed by atoms with E-state index >= 15 is 0 Å². The monoisotopic (exact) mass is 196 g/mol. The lowest BCUT2D eigenvalue weighted by Gasteiger charge is -2.29. The number of nitrogens with zero attached hydrogens (tertiary/aromatic N) is 1. The van der Waals surface area contributed by atoms with E-state index in [9.17, 15) is 0 Å². The Morgan fingerprint density at radius 1 is 1.36 bits per heavy atom. The van der Waals surface area contributed by atoms with Crippen molar-refractivity contribution in [3.05, 3.63) is 11.1 Å². The van der Waals surface area contributed by atoms with Gasteiger partial charge >= 0.3 is 0 Å². The molecule has 2 nitrogen and oxygen atoms in total. The maximum Gasteiger partial charge on any atom is 0.0190 e. The summed E-state index contributed by atoms with van der Waals surface area (Å²) in [4.78, 5) is 2.42. The van der Waals surface area contributed by atoms with Crippen molar-refractivity contribution in [1.29, 1.82) is 0 Å². The van der Waals surface area contributed by atoms with Gasteiger partial charge in [0.05, 0.1) is 0 Å². The Kier molecular flexibility index (Phi) is 3.73. The van der Waals surface area contributed by atoms with E-state index in [1.54, 1.807) is 11.1 Å². The molecular weight excluding hydrogens is 172 g/mol. The van der Waals surface area contributed by atoms with E-state index in [2.05, 4.69) is 45.0 Å². The van der Waals surface area contributed by atoms with Crippen LogP contribution in [0.25, 0.3) is 0 Å². The van der Waals surface area contributed by atoms with Gasteiger partial charge in [-0.3, -0.25) is 0 Å². The molecule has 0 radical (unpaired) electrons. The molecule has 0 aromatic carbocycles. The van der Waals surface area contributed by atoms with Crippen molar-refractivity contribution < 1.29 is 0 Å². The van der Waals surface area contributed by atoms with E-state index in [1.165, 1.54) is 0 Å². The first-order chi connectivity index (χ1) is 6.38. The van der Waals surface area contributed by atoms with Crippen LogP contribution in [0, 0.1) is 5.41 Å². The Morgan fingerprint density at radius 3 is 2.29 bits per heavy atom. The molecule has 2 heteroatoms. The Labute approximate surface area is 88.4 Å². The summed E-state index contributed by atoms with van der Waals surface area (Å²) in [5, 5.41) is 3.29. The number of rotatable bonds is 3. The second-order valence-electron chi connectivity index (χ2n) is 5.72. The molecule has 1 N–H and O–H groups in total. The van der Waals surface area contributed by atoms with Gasteiger partial charge in [0.2, 0.25) is 0 Å². The van der Waals surface area contributed by atoms with Gasteiger partial charge in [-0.25, -0.2) is 0 Å². The van der Waals surface area contributed by atoms with Gasteiger partial charge < -0.3 is 10.2 Å². The third-order valence-electron chi connectivity index (χ3n) is 2.53. The number of hydrogen-bond donors (Lipinski definition) is 1. The van der Waals surface area contributed by atoms with Crippen molar-refractivity contribution in [2.75, 3.05) is 33.2 Å². The highest BCUT2D eigenvalue weighted by Crippen LogP contribution is 2.16. The van der Waals surface area contributed by atoms with E-state index < -0.39 is 0 Å². The molecular formula is C12H24N2. The maximum atomic E-state index is 3.29. The summed E-state index contributed by atoms with van der Waals surface area (Å²) in [6, 6.07) is 0. The quantitative estimate of drug-likeness (QED) is 0.693. The zero-order valence-electron chi connectivity index (χ0n) is 10.3. The fraction of sp³-hybridized carbons (Fsp3) is 0.833. The molecule has 1 fully saturated rings. The minimum Gasteiger partial charge on any atom is -0.309 e. The smallest absolute Gasteiger partial charge is 0.0190 e. The topological polar surface area (TPSA) is 15.3 Å². The second-order valence-corrected chi connectivity index (χ2v) is 5.72. The predicted molar refractivity (Wildman–Crippen MR) is 62.5 cm³/mol. The Balaban J connectivity index is 2.37. The zero-order chi connectivity index (χ0) is 10.8. The third kappa shape index (κ3) is 3.81. The molecule has 0 aliphatic carbocycles. The van der Waals surface area contributed by atoms with Gasteiger partial charge in [-0.15, -0.1) is 0 Å². The summed E-state index contributed by atoms with van der Waals surface area (Å²) in [5.74, 6) is 0. The van der Waals surface area contributed by atoms with Gasteiger partial charge in [0.1, 0.15) is 0 Å². The van der Waals surface area contributed by atoms with Gasteiger partial charge in [-0.05, 0) is 25.0 Å². The van der Waals surface area contributed by atoms with Crippen LogP contribution >= 0.6 is 0 Å². The van der Waals surface area contributed by atoms with E-state index in [0.29, 0.717) is 5.41 Å². The zero-order valence-corrected chi connectivity index (χ0v) is 10.3. The molecule has 0 bridgehead atoms. The van der Waals surface area contributed by atoms with Crippen molar-refractivity contribution in [2.45, 2.75) is 27.7 Å². The Hall–Kier alpha value is -0.340. The standard InChI is InChI=1S/C12H24N2/c1-10(11-6-13-7-11)8-14(5)9-12(2,3)4/h13H,6-9H2,1-5H3. The molecule has 0 spiro atoms. The lowest BCUT2D eigenvalue weighted by molar-refractivity contribution is 0.240. The van der Waals surface area contributed by atoms with Crippen LogP contribution in [0.2, 0.25) is 0 Å². The molecule has 82 valence electrons. The lowest BCUT2D eigenvalue weighted by atomic mass is 9.95. The van der Waals surface area contributed by atoms with Crippen molar-refractivity contribution in [3.63, 3.8) is 0 Å². The molecule has 1 heterocycles. The van der Waals surface area contributed by atoms with Crippen molar-refractivity contribution in [3.8, 4) is 0 Å². The molecule has 0 aromatic rings. The molecule has 0 atom stereocenters. The maximum absolute atomic E-state index is 3.29. The number of hydrogen-bond acceptors (Lipinski definition) is 2. The average molecular weight is 196 g/mol. The Bertz CT molecular complexity index is 217. The normalized spacial score (nSPS) is 17.1. The average Bonchev–Trinajstić information content (AvgIpc) is 1.75. The highest BCUT2D eigenvalue weighted by atomic mass is 15.1. The second kappa shape index (κ2) is 4.45. The summed E-state index contributed by atoms with van der Waals surface area (Å²) < 4.78 is 0. The van der Waals surface area contributed by atoms with E-state index in [1.807, 2.05) is 0 Å². The summed E-state index contributed by atoms with van der Waals surface area (Å²) in [6.07, 6.45) is 0. The van der Waals surface area contributed by atoms with Crippen LogP contribution in [0.5, 0.6) is 0 Å². The van der Waals surface area contributed by atoms with Gasteiger partial charge in [0, 0.05) is 26.2 Å². The molecule has 1 rings (SSSR count). The SMILES string of the molecule is CC(CN(C)CC(C)(C)C)=C1CNC1. The molecule has 0 unspecified atom stereocenters. The molecule has 0 saturated carbocycles. The van der Waals surface area contributed by atoms with Gasteiger partial charge in [-0.1, -0.05) is 26.3 Å². The molecule has 1 aliphatic rings. The van der Waals surface area contributed by atoms with Crippen LogP contribution < -0.4 is 5.32 Å². The third-order valence-corrected chi connectivity index (χ3v) is 2.53. The fourth-order valence-electron chi connectivity index (χ4n) is 1.93. The van der Waals surface area contributed by atoms with Crippen LogP contribution in [0.4, 0.5) is 0 Å². The van der Waals surface area contributed by atoms with E-state index in [-0.39, 0.29) is 0 Å². The summed E-state index contributed by atoms with van der Waals surface area (Å²) in [6.45, 7) is 13.6. The van der Waals surface area contributed by atoms with Gasteiger partial charge in [-0.2, -0.15) is 0 Å². The largest absolute Gasteiger partial charge is 0.309 e. The van der Waals surface area contributed by atoms with Crippen LogP contribution in [-0.4, -0.2) is 38.1 Å². The van der Waals surface area contributed by atoms with Crippen LogP contribution in [0.1, 0.15) is 27.7 Å². The molecule has 1 aliphatic heterocycles. The predicted octanol–water partition coefficient (Wildman–Crippen LogP) is 1.88. The minimum atomic E-state index is 0.400. The number of likely N-dealkylation sites (N-methyl/N-ethyl adjacent to an activating group) is 1. The highest BCUT2D eigenvalue weighted by Gasteiger charge is 2.16. The molecule has 1 saturated heterocycles. The van der Waals surface area contributed by atoms with Crippen molar-refractivity contribution in [1.82, 2.24) is 10.2 Å². The highest BCUT2D eigenvalue weighted by molar-refractivity contribution is 5.22. The summed E-state index contributed by atoms with van der Waals surface area (Å²) >= 11 is 0.